The van der Waals surface area contributed by atoms with Gasteiger partial charge in [-0.05, 0) is 59.9 Å². The predicted octanol–water partition coefficient (Wildman–Crippen LogP) is 6.35. The summed E-state index contributed by atoms with van der Waals surface area (Å²) in [6, 6.07) is 10.3. The number of alkyl halides is 3. The van der Waals surface area contributed by atoms with E-state index in [0.717, 1.165) is 18.6 Å². The number of hydrogen-bond donors (Lipinski definition) is 2. The van der Waals surface area contributed by atoms with Gasteiger partial charge in [-0.15, -0.1) is 24.9 Å². The van der Waals surface area contributed by atoms with Crippen LogP contribution in [0.2, 0.25) is 0 Å². The Morgan fingerprint density at radius 1 is 1.16 bits per heavy atom. The molecule has 0 bridgehead atoms. The topological polar surface area (TPSA) is 82.8 Å². The number of allylic oxidation sites excluding steroid dienone is 1. The Balaban J connectivity index is 2.46. The van der Waals surface area contributed by atoms with Crippen LogP contribution in [0.1, 0.15) is 31.4 Å². The summed E-state index contributed by atoms with van der Waals surface area (Å²) in [5.41, 5.74) is 7.48. The third kappa shape index (κ3) is 9.80. The van der Waals surface area contributed by atoms with E-state index in [9.17, 15) is 18.0 Å². The molecule has 10 heteroatoms. The third-order valence-electron chi connectivity index (χ3n) is 4.92. The second-order valence-electron chi connectivity index (χ2n) is 8.16. The van der Waals surface area contributed by atoms with Crippen LogP contribution >= 0.6 is 11.8 Å². The number of halogens is 3. The van der Waals surface area contributed by atoms with Gasteiger partial charge in [0.25, 0.3) is 5.91 Å². The van der Waals surface area contributed by atoms with Crippen LogP contribution in [0.15, 0.2) is 65.8 Å². The summed E-state index contributed by atoms with van der Waals surface area (Å²) in [6.07, 6.45) is 2.53. The van der Waals surface area contributed by atoms with Crippen LogP contribution in [-0.4, -0.2) is 32.2 Å². The lowest BCUT2D eigenvalue weighted by Crippen LogP contribution is -2.21. The van der Waals surface area contributed by atoms with Crippen LogP contribution in [0.25, 0.3) is 11.6 Å². The van der Waals surface area contributed by atoms with Gasteiger partial charge >= 0.3 is 6.36 Å². The second-order valence-corrected chi connectivity index (χ2v) is 8.90. The minimum absolute atomic E-state index is 0.0748. The Kier molecular flexibility index (Phi) is 11.5. The first-order chi connectivity index (χ1) is 17.6. The fourth-order valence-corrected chi connectivity index (χ4v) is 3.35. The van der Waals surface area contributed by atoms with Gasteiger partial charge in [0.2, 0.25) is 0 Å². The summed E-state index contributed by atoms with van der Waals surface area (Å²) < 4.78 is 53.0. The number of carbonyl (C=O) groups excluding carboxylic acids is 1. The first-order valence-corrected chi connectivity index (χ1v) is 12.7. The summed E-state index contributed by atoms with van der Waals surface area (Å²) in [7, 11) is 1.54. The molecule has 2 aromatic carbocycles. The average Bonchev–Trinajstić information content (AvgIpc) is 2.83. The molecule has 6 nitrogen and oxygen atoms in total. The smallest absolute Gasteiger partial charge is 0.493 e. The normalized spacial score (nSPS) is 12.6. The molecule has 0 fully saturated rings. The van der Waals surface area contributed by atoms with Gasteiger partial charge in [-0.1, -0.05) is 38.1 Å². The molecule has 0 aliphatic carbocycles. The number of amides is 1. The number of thioether (sulfide) groups is 1. The Hall–Kier alpha value is -3.53. The van der Waals surface area contributed by atoms with E-state index < -0.39 is 18.0 Å². The van der Waals surface area contributed by atoms with Crippen molar-refractivity contribution in [2.45, 2.75) is 26.6 Å². The highest BCUT2D eigenvalue weighted by Crippen LogP contribution is 2.33. The van der Waals surface area contributed by atoms with E-state index in [1.165, 1.54) is 36.2 Å². The molecule has 2 aromatic rings. The molecule has 0 aliphatic rings. The number of hydrogen-bond acceptors (Lipinski definition) is 6. The third-order valence-corrected chi connectivity index (χ3v) is 5.33. The van der Waals surface area contributed by atoms with E-state index in [4.69, 9.17) is 15.2 Å². The Labute approximate surface area is 219 Å². The van der Waals surface area contributed by atoms with Crippen molar-refractivity contribution in [2.75, 3.05) is 20.0 Å². The molecule has 1 amide bonds. The number of para-hydroxylation sites is 1. The number of rotatable bonds is 12. The first kappa shape index (κ1) is 29.7. The lowest BCUT2D eigenvalue weighted by molar-refractivity contribution is -0.274. The van der Waals surface area contributed by atoms with Crippen molar-refractivity contribution in [2.24, 2.45) is 11.7 Å². The minimum atomic E-state index is -4.83. The molecule has 0 aromatic heterocycles. The lowest BCUT2D eigenvalue weighted by Gasteiger charge is -2.14. The molecule has 0 radical (unpaired) electrons. The zero-order chi connectivity index (χ0) is 27.4. The molecule has 37 heavy (non-hydrogen) atoms. The number of ether oxygens (including phenoxy) is 3. The van der Waals surface area contributed by atoms with Crippen molar-refractivity contribution in [1.82, 2.24) is 5.32 Å². The van der Waals surface area contributed by atoms with E-state index in [1.807, 2.05) is 12.3 Å². The maximum Gasteiger partial charge on any atom is 0.573 e. The highest BCUT2D eigenvalue weighted by atomic mass is 32.2. The van der Waals surface area contributed by atoms with Gasteiger partial charge in [0, 0.05) is 17.5 Å². The van der Waals surface area contributed by atoms with Crippen LogP contribution in [0.5, 0.6) is 17.2 Å². The molecule has 0 saturated carbocycles. The quantitative estimate of drug-likeness (QED) is 0.243. The highest BCUT2D eigenvalue weighted by Gasteiger charge is 2.31. The van der Waals surface area contributed by atoms with E-state index in [-0.39, 0.29) is 11.3 Å². The number of methoxy groups -OCH3 is 1. The number of nitrogens with one attached hydrogen (secondary N) is 1. The Morgan fingerprint density at radius 2 is 1.86 bits per heavy atom. The SMILES string of the molecule is COc1cccc(/C=C/C(N)=C(/C(=O)N/C=C\SC)c2ccc(OC(F)(F)F)cc2)c1OCCC(C)C. The van der Waals surface area contributed by atoms with Crippen LogP contribution < -0.4 is 25.3 Å². The molecule has 0 aliphatic heterocycles. The van der Waals surface area contributed by atoms with Crippen LogP contribution in [0.3, 0.4) is 0 Å². The van der Waals surface area contributed by atoms with Crippen LogP contribution in [0.4, 0.5) is 13.2 Å². The van der Waals surface area contributed by atoms with Gasteiger partial charge in [-0.25, -0.2) is 0 Å². The number of benzene rings is 2. The fourth-order valence-electron chi connectivity index (χ4n) is 3.14. The van der Waals surface area contributed by atoms with Gasteiger partial charge in [-0.3, -0.25) is 4.79 Å². The summed E-state index contributed by atoms with van der Waals surface area (Å²) in [5, 5.41) is 4.28. The minimum Gasteiger partial charge on any atom is -0.493 e. The van der Waals surface area contributed by atoms with Crippen LogP contribution in [0, 0.1) is 5.92 Å². The highest BCUT2D eigenvalue weighted by molar-refractivity contribution is 8.01. The van der Waals surface area contributed by atoms with Crippen molar-refractivity contribution >= 4 is 29.3 Å². The van der Waals surface area contributed by atoms with Crippen molar-refractivity contribution in [3.8, 4) is 17.2 Å². The van der Waals surface area contributed by atoms with E-state index in [1.54, 1.807) is 30.7 Å². The van der Waals surface area contributed by atoms with Gasteiger partial charge in [0.1, 0.15) is 5.75 Å². The average molecular weight is 537 g/mol. The van der Waals surface area contributed by atoms with Gasteiger partial charge in [0.15, 0.2) is 11.5 Å². The van der Waals surface area contributed by atoms with E-state index >= 15 is 0 Å². The monoisotopic (exact) mass is 536 g/mol. The number of nitrogens with two attached hydrogens (primary N) is 1. The first-order valence-electron chi connectivity index (χ1n) is 11.4. The molecule has 2 rings (SSSR count). The van der Waals surface area contributed by atoms with Gasteiger partial charge in [0.05, 0.1) is 19.3 Å². The van der Waals surface area contributed by atoms with Crippen molar-refractivity contribution < 1.29 is 32.2 Å². The zero-order valence-corrected chi connectivity index (χ0v) is 21.9. The molecule has 0 unspecified atom stereocenters. The fraction of sp³-hybridized carbons (Fsp3) is 0.296. The molecular formula is C27H31F3N2O4S. The van der Waals surface area contributed by atoms with E-state index in [0.29, 0.717) is 35.2 Å². The second kappa shape index (κ2) is 14.3. The maximum absolute atomic E-state index is 13.0. The molecular weight excluding hydrogens is 505 g/mol. The standard InChI is InChI=1S/C27H31F3N2O4S/c1-18(2)14-16-35-25-20(6-5-7-23(25)34-3)10-13-22(31)24(26(33)32-15-17-37-4)19-8-11-21(12-9-19)36-27(28,29)30/h5-13,15,17-18H,14,16,31H2,1-4H3,(H,32,33)/b13-10+,17-15-,24-22-. The predicted molar refractivity (Wildman–Crippen MR) is 142 cm³/mol. The molecule has 0 heterocycles. The molecule has 3 N–H and O–H groups in total. The lowest BCUT2D eigenvalue weighted by atomic mass is 10.0. The summed E-state index contributed by atoms with van der Waals surface area (Å²) in [6.45, 7) is 4.69. The zero-order valence-electron chi connectivity index (χ0n) is 21.1. The van der Waals surface area contributed by atoms with Crippen molar-refractivity contribution in [3.63, 3.8) is 0 Å². The largest absolute Gasteiger partial charge is 0.573 e. The summed E-state index contributed by atoms with van der Waals surface area (Å²) in [5.74, 6) is 0.607. The van der Waals surface area contributed by atoms with E-state index in [2.05, 4.69) is 23.9 Å². The summed E-state index contributed by atoms with van der Waals surface area (Å²) in [4.78, 5) is 13.0. The maximum atomic E-state index is 13.0. The van der Waals surface area contributed by atoms with Crippen LogP contribution in [-0.2, 0) is 4.79 Å². The summed E-state index contributed by atoms with van der Waals surface area (Å²) >= 11 is 1.38. The van der Waals surface area contributed by atoms with Crippen molar-refractivity contribution in [1.29, 1.82) is 0 Å². The number of carbonyl (C=O) groups is 1. The molecule has 200 valence electrons. The molecule has 0 spiro atoms. The molecule has 0 atom stereocenters. The van der Waals surface area contributed by atoms with Crippen molar-refractivity contribution in [3.05, 3.63) is 77.0 Å². The Bertz CT molecular complexity index is 1130. The molecule has 0 saturated heterocycles. The Morgan fingerprint density at radius 3 is 2.46 bits per heavy atom. The van der Waals surface area contributed by atoms with Gasteiger partial charge in [-0.2, -0.15) is 0 Å². The van der Waals surface area contributed by atoms with Gasteiger partial charge < -0.3 is 25.3 Å².